The average Bonchev–Trinajstić information content (AvgIpc) is 3.10. The largest absolute Gasteiger partial charge is 0.465 e. The minimum absolute atomic E-state index is 0.151. The fraction of sp³-hybridized carbons (Fsp3) is 0.559. The lowest BCUT2D eigenvalue weighted by Gasteiger charge is -2.24. The summed E-state index contributed by atoms with van der Waals surface area (Å²) in [5, 5.41) is 5.72. The Morgan fingerprint density at radius 1 is 0.811 bits per heavy atom. The van der Waals surface area contributed by atoms with E-state index in [1.165, 1.54) is 11.9 Å². The van der Waals surface area contributed by atoms with Crippen LogP contribution in [-0.2, 0) is 49.0 Å². The van der Waals surface area contributed by atoms with Gasteiger partial charge in [-0.3, -0.25) is 18.7 Å². The molecule has 17 nitrogen and oxygen atoms in total. The van der Waals surface area contributed by atoms with E-state index in [-0.39, 0.29) is 38.2 Å². The molecule has 19 heteroatoms. The van der Waals surface area contributed by atoms with Gasteiger partial charge in [0, 0.05) is 20.1 Å². The predicted octanol–water partition coefficient (Wildman–Crippen LogP) is 4.07. The molecule has 5 atom stereocenters. The molecule has 0 saturated heterocycles. The Morgan fingerprint density at radius 2 is 1.34 bits per heavy atom. The van der Waals surface area contributed by atoms with Crippen LogP contribution in [0.15, 0.2) is 60.7 Å². The molecule has 0 aromatic heterocycles. The lowest BCUT2D eigenvalue weighted by Crippen LogP contribution is -2.36. The van der Waals surface area contributed by atoms with Crippen molar-refractivity contribution in [1.29, 1.82) is 0 Å². The highest BCUT2D eigenvalue weighted by atomic mass is 31.2. The standard InChI is InChI=1S/C16H27N2O5P.C13H20NO6P.C5H11NO2/c1-5-21-16(19)14(3)18-24(20,12-22-13(2)11-17-4)23-15-9-7-6-8-10-15;1-11(20-10-21(16,17)18)8-14(2)13(15)19-9-12-6-4-3-5-7-12;1-3-8-5(7)4(2)6/h6-10,13-14,17H,5,11-12H2,1-4H3,(H,18,20);3-7,11H,8-10H2,1-2H3,(H2,16,17,18);4H,3,6H2,1-2H3/t13-,14+,24?;11-;4-/m111/s1. The number of para-hydroxylation sites is 1. The molecule has 2 rings (SSSR count). The summed E-state index contributed by atoms with van der Waals surface area (Å²) in [5.74, 6) is -0.389. The van der Waals surface area contributed by atoms with Crippen LogP contribution in [0.4, 0.5) is 4.79 Å². The lowest BCUT2D eigenvalue weighted by atomic mass is 10.2. The number of hydrogen-bond donors (Lipinski definition) is 5. The van der Waals surface area contributed by atoms with Crippen molar-refractivity contribution < 1.29 is 61.5 Å². The first-order valence-electron chi connectivity index (χ1n) is 16.9. The summed E-state index contributed by atoms with van der Waals surface area (Å²) in [5.41, 5.74) is 6.03. The first-order chi connectivity index (χ1) is 24.9. The maximum Gasteiger partial charge on any atom is 0.409 e. The summed E-state index contributed by atoms with van der Waals surface area (Å²) in [4.78, 5) is 52.6. The van der Waals surface area contributed by atoms with Crippen LogP contribution in [-0.4, -0.2) is 110 Å². The summed E-state index contributed by atoms with van der Waals surface area (Å²) in [6, 6.07) is 16.8. The minimum atomic E-state index is -4.20. The number of nitrogens with one attached hydrogen (secondary N) is 2. The highest BCUT2D eigenvalue weighted by molar-refractivity contribution is 7.57. The van der Waals surface area contributed by atoms with Crippen molar-refractivity contribution in [2.45, 2.75) is 72.4 Å². The van der Waals surface area contributed by atoms with E-state index in [1.807, 2.05) is 43.3 Å². The Morgan fingerprint density at radius 3 is 1.83 bits per heavy atom. The van der Waals surface area contributed by atoms with Gasteiger partial charge in [-0.25, -0.2) is 9.88 Å². The Kier molecular flexibility index (Phi) is 25.5. The third kappa shape index (κ3) is 25.3. The number of esters is 2. The number of likely N-dealkylation sites (N-methyl/N-ethyl adjacent to an activating group) is 2. The molecule has 53 heavy (non-hydrogen) atoms. The van der Waals surface area contributed by atoms with Gasteiger partial charge < -0.3 is 53.9 Å². The molecule has 0 aliphatic carbocycles. The average molecular weight is 793 g/mol. The van der Waals surface area contributed by atoms with E-state index in [1.54, 1.807) is 65.9 Å². The van der Waals surface area contributed by atoms with Crippen LogP contribution in [0.1, 0.15) is 47.1 Å². The number of carbonyl (C=O) groups is 3. The van der Waals surface area contributed by atoms with Gasteiger partial charge in [0.15, 0.2) is 0 Å². The molecule has 0 bridgehead atoms. The number of nitrogens with two attached hydrogens (primary N) is 1. The van der Waals surface area contributed by atoms with Crippen molar-refractivity contribution in [3.05, 3.63) is 66.2 Å². The molecule has 0 spiro atoms. The number of ether oxygens (including phenoxy) is 5. The first kappa shape index (κ1) is 49.6. The van der Waals surface area contributed by atoms with E-state index < -0.39 is 51.7 Å². The van der Waals surface area contributed by atoms with Crippen LogP contribution in [0, 0.1) is 0 Å². The number of benzene rings is 2. The van der Waals surface area contributed by atoms with Crippen LogP contribution in [0.5, 0.6) is 5.75 Å². The second-order valence-corrected chi connectivity index (χ2v) is 15.2. The van der Waals surface area contributed by atoms with Gasteiger partial charge in [-0.2, -0.15) is 0 Å². The fourth-order valence-electron chi connectivity index (χ4n) is 3.77. The van der Waals surface area contributed by atoms with E-state index in [4.69, 9.17) is 39.0 Å². The normalized spacial score (nSPS) is 14.2. The van der Waals surface area contributed by atoms with Gasteiger partial charge in [0.25, 0.3) is 0 Å². The van der Waals surface area contributed by atoms with Gasteiger partial charge in [-0.1, -0.05) is 48.5 Å². The molecule has 1 amide bonds. The predicted molar refractivity (Wildman–Crippen MR) is 200 cm³/mol. The Balaban J connectivity index is 0.000000852. The molecule has 0 aliphatic rings. The topological polar surface area (TPSA) is 235 Å². The molecule has 0 radical (unpaired) electrons. The van der Waals surface area contributed by atoms with Crippen molar-refractivity contribution >= 4 is 33.1 Å². The molecule has 0 saturated carbocycles. The van der Waals surface area contributed by atoms with Gasteiger partial charge in [0.05, 0.1) is 25.4 Å². The van der Waals surface area contributed by atoms with Gasteiger partial charge in [0.1, 0.15) is 37.1 Å². The summed E-state index contributed by atoms with van der Waals surface area (Å²) >= 11 is 0. The van der Waals surface area contributed by atoms with Crippen molar-refractivity contribution in [3.63, 3.8) is 0 Å². The Bertz CT molecular complexity index is 1400. The van der Waals surface area contributed by atoms with Crippen LogP contribution in [0.2, 0.25) is 0 Å². The second-order valence-electron chi connectivity index (χ2n) is 11.6. The Labute approximate surface area is 312 Å². The molecular weight excluding hydrogens is 734 g/mol. The van der Waals surface area contributed by atoms with Gasteiger partial charge >= 0.3 is 33.1 Å². The van der Waals surface area contributed by atoms with E-state index in [0.29, 0.717) is 18.9 Å². The van der Waals surface area contributed by atoms with E-state index in [0.717, 1.165) is 5.56 Å². The Hall–Kier alpha value is -3.37. The SMILES string of the molecule is CCOC(=O)[C@@H](C)N.CCOC(=O)[C@H](C)NP(=O)(CO[C@H](C)CNC)Oc1ccccc1.C[C@H](CN(C)C(=O)OCc1ccccc1)OCP(=O)(O)O. The molecule has 0 heterocycles. The minimum Gasteiger partial charge on any atom is -0.465 e. The zero-order chi connectivity index (χ0) is 40.5. The zero-order valence-electron chi connectivity index (χ0n) is 31.8. The quantitative estimate of drug-likeness (QED) is 0.0722. The summed E-state index contributed by atoms with van der Waals surface area (Å²) < 4.78 is 54.6. The van der Waals surface area contributed by atoms with E-state index in [9.17, 15) is 23.5 Å². The highest BCUT2D eigenvalue weighted by Crippen LogP contribution is 2.44. The number of amides is 1. The maximum absolute atomic E-state index is 13.1. The van der Waals surface area contributed by atoms with Crippen LogP contribution in [0.3, 0.4) is 0 Å². The van der Waals surface area contributed by atoms with Gasteiger partial charge in [-0.05, 0) is 66.3 Å². The number of carbonyl (C=O) groups excluding carboxylic acids is 3. The van der Waals surface area contributed by atoms with Gasteiger partial charge in [-0.15, -0.1) is 0 Å². The van der Waals surface area contributed by atoms with Crippen molar-refractivity contribution in [3.8, 4) is 5.75 Å². The zero-order valence-corrected chi connectivity index (χ0v) is 33.6. The third-order valence-corrected chi connectivity index (χ3v) is 8.54. The van der Waals surface area contributed by atoms with Crippen LogP contribution < -0.4 is 20.7 Å². The molecular formula is C34H58N4O13P2. The number of rotatable bonds is 20. The van der Waals surface area contributed by atoms with E-state index >= 15 is 0 Å². The summed E-state index contributed by atoms with van der Waals surface area (Å²) in [6.45, 7) is 11.7. The lowest BCUT2D eigenvalue weighted by molar-refractivity contribution is -0.145. The molecule has 2 aromatic carbocycles. The first-order valence-corrected chi connectivity index (χ1v) is 20.5. The molecule has 0 aliphatic heterocycles. The summed E-state index contributed by atoms with van der Waals surface area (Å²) in [6.07, 6.45) is -2.00. The molecule has 2 aromatic rings. The highest BCUT2D eigenvalue weighted by Gasteiger charge is 2.31. The second kappa shape index (κ2) is 27.2. The maximum atomic E-state index is 13.1. The number of nitrogens with zero attached hydrogens (tertiary/aromatic N) is 1. The molecule has 0 fully saturated rings. The number of hydrogen-bond acceptors (Lipinski definition) is 13. The summed E-state index contributed by atoms with van der Waals surface area (Å²) in [7, 11) is -4.31. The smallest absolute Gasteiger partial charge is 0.409 e. The van der Waals surface area contributed by atoms with Crippen LogP contribution in [0.25, 0.3) is 0 Å². The van der Waals surface area contributed by atoms with Gasteiger partial charge in [0.2, 0.25) is 0 Å². The molecule has 1 unspecified atom stereocenters. The monoisotopic (exact) mass is 792 g/mol. The fourth-order valence-corrected chi connectivity index (χ4v) is 6.01. The van der Waals surface area contributed by atoms with Crippen molar-refractivity contribution in [1.82, 2.24) is 15.3 Å². The third-order valence-electron chi connectivity index (χ3n) is 6.28. The van der Waals surface area contributed by atoms with E-state index in [2.05, 4.69) is 15.1 Å². The molecule has 302 valence electrons. The van der Waals surface area contributed by atoms with Crippen LogP contribution >= 0.6 is 15.1 Å². The van der Waals surface area contributed by atoms with Crippen molar-refractivity contribution in [2.24, 2.45) is 5.73 Å². The van der Waals surface area contributed by atoms with Crippen molar-refractivity contribution in [2.75, 3.05) is 53.1 Å². The molecule has 6 N–H and O–H groups in total.